The molecule has 0 aliphatic carbocycles. The van der Waals surface area contributed by atoms with E-state index in [0.29, 0.717) is 18.7 Å². The summed E-state index contributed by atoms with van der Waals surface area (Å²) in [6.45, 7) is 2.71. The largest absolute Gasteiger partial charge is 0.379 e. The van der Waals surface area contributed by atoms with Crippen molar-refractivity contribution in [2.45, 2.75) is 32.2 Å². The van der Waals surface area contributed by atoms with E-state index in [0.717, 1.165) is 6.42 Å². The highest BCUT2D eigenvalue weighted by molar-refractivity contribution is 7.91. The molecule has 0 bridgehead atoms. The lowest BCUT2D eigenvalue weighted by atomic mass is 10.2. The van der Waals surface area contributed by atoms with Crippen LogP contribution in [-0.4, -0.2) is 54.8 Å². The summed E-state index contributed by atoms with van der Waals surface area (Å²) in [5.41, 5.74) is 0.327. The Morgan fingerprint density at radius 1 is 1.40 bits per heavy atom. The second-order valence-electron chi connectivity index (χ2n) is 6.10. The third-order valence-electron chi connectivity index (χ3n) is 4.19. The molecule has 0 radical (unpaired) electrons. The summed E-state index contributed by atoms with van der Waals surface area (Å²) in [5.74, 6) is 0.0192. The van der Waals surface area contributed by atoms with Gasteiger partial charge < -0.3 is 10.2 Å². The van der Waals surface area contributed by atoms with Crippen molar-refractivity contribution in [1.82, 2.24) is 4.90 Å². The number of nitro benzene ring substituents is 1. The van der Waals surface area contributed by atoms with Crippen molar-refractivity contribution in [1.29, 1.82) is 0 Å². The molecule has 1 N–H and O–H groups in total. The Morgan fingerprint density at radius 3 is 2.72 bits per heavy atom. The number of sulfone groups is 1. The first-order valence-corrected chi connectivity index (χ1v) is 10.1. The topological polar surface area (TPSA) is 110 Å². The standard InChI is InChI=1S/C16H23N3O5S/c1-2-10-18(13-8-11-25(23,24)12-13)16(20)7-9-17-14-5-3-4-6-15(14)19(21)22/h3-6,13,17H,2,7-12H2,1H3. The molecule has 1 amide bonds. The number of nitrogens with one attached hydrogen (secondary N) is 1. The fraction of sp³-hybridized carbons (Fsp3) is 0.562. The molecule has 1 heterocycles. The molecule has 1 unspecified atom stereocenters. The zero-order valence-corrected chi connectivity index (χ0v) is 15.0. The Balaban J connectivity index is 1.95. The highest BCUT2D eigenvalue weighted by Crippen LogP contribution is 2.23. The minimum absolute atomic E-state index is 0.0241. The summed E-state index contributed by atoms with van der Waals surface area (Å²) in [5, 5.41) is 13.9. The van der Waals surface area contributed by atoms with Crippen LogP contribution in [-0.2, 0) is 14.6 Å². The number of hydrogen-bond acceptors (Lipinski definition) is 6. The van der Waals surface area contributed by atoms with Gasteiger partial charge in [0.05, 0.1) is 16.4 Å². The molecule has 9 heteroatoms. The van der Waals surface area contributed by atoms with Crippen molar-refractivity contribution >= 4 is 27.1 Å². The lowest BCUT2D eigenvalue weighted by Crippen LogP contribution is -2.42. The van der Waals surface area contributed by atoms with Gasteiger partial charge in [0.2, 0.25) is 5.91 Å². The number of anilines is 1. The number of carbonyl (C=O) groups is 1. The predicted octanol–water partition coefficient (Wildman–Crippen LogP) is 1.82. The summed E-state index contributed by atoms with van der Waals surface area (Å²) in [6.07, 6.45) is 1.38. The van der Waals surface area contributed by atoms with Crippen molar-refractivity contribution in [2.75, 3.05) is 29.9 Å². The highest BCUT2D eigenvalue weighted by Gasteiger charge is 2.33. The molecule has 0 aromatic heterocycles. The van der Waals surface area contributed by atoms with Crippen LogP contribution in [0.15, 0.2) is 24.3 Å². The SMILES string of the molecule is CCCN(C(=O)CCNc1ccccc1[N+](=O)[O-])C1CCS(=O)(=O)C1. The molecule has 1 atom stereocenters. The van der Waals surface area contributed by atoms with Crippen molar-refractivity contribution < 1.29 is 18.1 Å². The van der Waals surface area contributed by atoms with Gasteiger partial charge in [-0.1, -0.05) is 19.1 Å². The number of amides is 1. The minimum Gasteiger partial charge on any atom is -0.379 e. The molecule has 2 rings (SSSR count). The number of benzene rings is 1. The van der Waals surface area contributed by atoms with Gasteiger partial charge >= 0.3 is 0 Å². The molecule has 138 valence electrons. The molecule has 25 heavy (non-hydrogen) atoms. The first-order chi connectivity index (χ1) is 11.8. The predicted molar refractivity (Wildman–Crippen MR) is 95.3 cm³/mol. The van der Waals surface area contributed by atoms with Crippen molar-refractivity contribution in [3.05, 3.63) is 34.4 Å². The van der Waals surface area contributed by atoms with E-state index >= 15 is 0 Å². The lowest BCUT2D eigenvalue weighted by molar-refractivity contribution is -0.384. The van der Waals surface area contributed by atoms with Crippen molar-refractivity contribution in [3.8, 4) is 0 Å². The minimum atomic E-state index is -3.06. The maximum atomic E-state index is 12.5. The van der Waals surface area contributed by atoms with E-state index in [4.69, 9.17) is 0 Å². The number of nitrogens with zero attached hydrogens (tertiary/aromatic N) is 2. The number of hydrogen-bond donors (Lipinski definition) is 1. The van der Waals surface area contributed by atoms with E-state index in [9.17, 15) is 23.3 Å². The van der Waals surface area contributed by atoms with Crippen LogP contribution < -0.4 is 5.32 Å². The van der Waals surface area contributed by atoms with Crippen molar-refractivity contribution in [2.24, 2.45) is 0 Å². The zero-order valence-electron chi connectivity index (χ0n) is 14.2. The highest BCUT2D eigenvalue weighted by atomic mass is 32.2. The molecule has 1 aromatic rings. The van der Waals surface area contributed by atoms with Gasteiger partial charge in [0.1, 0.15) is 5.69 Å². The maximum Gasteiger partial charge on any atom is 0.292 e. The lowest BCUT2D eigenvalue weighted by Gasteiger charge is -2.28. The van der Waals surface area contributed by atoms with Crippen LogP contribution >= 0.6 is 0 Å². The first kappa shape index (κ1) is 19.2. The fourth-order valence-electron chi connectivity index (χ4n) is 3.00. The number of carbonyl (C=O) groups excluding carboxylic acids is 1. The molecule has 1 fully saturated rings. The monoisotopic (exact) mass is 369 g/mol. The van der Waals surface area contributed by atoms with E-state index in [1.165, 1.54) is 6.07 Å². The van der Waals surface area contributed by atoms with E-state index in [1.807, 2.05) is 6.92 Å². The molecule has 0 spiro atoms. The molecule has 1 aromatic carbocycles. The molecule has 8 nitrogen and oxygen atoms in total. The Morgan fingerprint density at radius 2 is 2.12 bits per heavy atom. The van der Waals surface area contributed by atoms with Gasteiger partial charge in [-0.05, 0) is 18.9 Å². The average Bonchev–Trinajstić information content (AvgIpc) is 2.92. The van der Waals surface area contributed by atoms with Crippen molar-refractivity contribution in [3.63, 3.8) is 0 Å². The number of nitro groups is 1. The van der Waals surface area contributed by atoms with Crippen LogP contribution in [0.4, 0.5) is 11.4 Å². The summed E-state index contributed by atoms with van der Waals surface area (Å²) < 4.78 is 23.3. The summed E-state index contributed by atoms with van der Waals surface area (Å²) in [7, 11) is -3.06. The van der Waals surface area contributed by atoms with Gasteiger partial charge in [0.25, 0.3) is 5.69 Å². The van der Waals surface area contributed by atoms with Crippen LogP contribution in [0.5, 0.6) is 0 Å². The van der Waals surface area contributed by atoms with Gasteiger partial charge in [-0.3, -0.25) is 14.9 Å². The Hall–Kier alpha value is -2.16. The third kappa shape index (κ3) is 5.15. The van der Waals surface area contributed by atoms with Crippen LogP contribution in [0, 0.1) is 10.1 Å². The van der Waals surface area contributed by atoms with Crippen LogP contribution in [0.3, 0.4) is 0 Å². The van der Waals surface area contributed by atoms with Gasteiger partial charge in [0, 0.05) is 31.6 Å². The van der Waals surface area contributed by atoms with Gasteiger partial charge in [-0.2, -0.15) is 0 Å². The Kier molecular flexibility index (Phi) is 6.35. The summed E-state index contributed by atoms with van der Waals surface area (Å²) in [6, 6.07) is 6.00. The van der Waals surface area contributed by atoms with Crippen LogP contribution in [0.25, 0.3) is 0 Å². The Labute approximate surface area is 147 Å². The quantitative estimate of drug-likeness (QED) is 0.553. The number of para-hydroxylation sites is 2. The Bertz CT molecular complexity index is 735. The van der Waals surface area contributed by atoms with E-state index in [1.54, 1.807) is 23.1 Å². The molecule has 0 saturated carbocycles. The van der Waals surface area contributed by atoms with Gasteiger partial charge in [0.15, 0.2) is 9.84 Å². The normalized spacial score (nSPS) is 18.7. The molecule has 1 saturated heterocycles. The first-order valence-electron chi connectivity index (χ1n) is 8.31. The molecule has 1 aliphatic heterocycles. The van der Waals surface area contributed by atoms with E-state index < -0.39 is 14.8 Å². The van der Waals surface area contributed by atoms with Gasteiger partial charge in [-0.15, -0.1) is 0 Å². The third-order valence-corrected chi connectivity index (χ3v) is 5.94. The fourth-order valence-corrected chi connectivity index (χ4v) is 4.73. The summed E-state index contributed by atoms with van der Waals surface area (Å²) >= 11 is 0. The second kappa shape index (κ2) is 8.28. The van der Waals surface area contributed by atoms with Crippen LogP contribution in [0.1, 0.15) is 26.2 Å². The van der Waals surface area contributed by atoms with Gasteiger partial charge in [-0.25, -0.2) is 8.42 Å². The smallest absolute Gasteiger partial charge is 0.292 e. The van der Waals surface area contributed by atoms with E-state index in [2.05, 4.69) is 5.32 Å². The van der Waals surface area contributed by atoms with Crippen LogP contribution in [0.2, 0.25) is 0 Å². The average molecular weight is 369 g/mol. The molecule has 1 aliphatic rings. The second-order valence-corrected chi connectivity index (χ2v) is 8.32. The zero-order chi connectivity index (χ0) is 18.4. The summed E-state index contributed by atoms with van der Waals surface area (Å²) in [4.78, 5) is 24.6. The molecular formula is C16H23N3O5S. The molecular weight excluding hydrogens is 346 g/mol. The van der Waals surface area contributed by atoms with E-state index in [-0.39, 0.29) is 42.1 Å². The number of rotatable bonds is 8. The maximum absolute atomic E-state index is 12.5.